The first-order chi connectivity index (χ1) is 56.0. The second kappa shape index (κ2) is 36.5. The number of phenols is 3. The molecule has 0 saturated carbocycles. The van der Waals surface area contributed by atoms with Crippen LogP contribution in [0.2, 0.25) is 20.1 Å². The van der Waals surface area contributed by atoms with E-state index in [-0.39, 0.29) is 52.8 Å². The van der Waals surface area contributed by atoms with Crippen molar-refractivity contribution in [1.29, 1.82) is 0 Å². The number of carboxylic acid groups (broad SMARTS) is 1. The molecule has 7 aliphatic rings. The van der Waals surface area contributed by atoms with Crippen LogP contribution < -0.4 is 62.5 Å². The van der Waals surface area contributed by atoms with Crippen molar-refractivity contribution < 1.29 is 118 Å². The fourth-order valence-corrected chi connectivity index (χ4v) is 15.4. The number of rotatable bonds is 20. The van der Waals surface area contributed by atoms with Gasteiger partial charge in [-0.1, -0.05) is 89.7 Å². The Labute approximate surface area is 692 Å². The predicted octanol–water partition coefficient (Wildman–Crippen LogP) is 3.32. The molecule has 0 unspecified atom stereocenters. The van der Waals surface area contributed by atoms with Gasteiger partial charge < -0.3 is 128 Å². The number of primary amides is 1. The van der Waals surface area contributed by atoms with Crippen LogP contribution in [-0.4, -0.2) is 212 Å². The molecule has 20 N–H and O–H groups in total. The second-order valence-electron chi connectivity index (χ2n) is 29.8. The topological polar surface area (TPSA) is 547 Å². The van der Waals surface area contributed by atoms with Crippen molar-refractivity contribution in [3.05, 3.63) is 162 Å². The lowest BCUT2D eigenvalue weighted by Gasteiger charge is -2.48. The van der Waals surface area contributed by atoms with E-state index < -0.39 is 237 Å². The summed E-state index contributed by atoms with van der Waals surface area (Å²) in [6.07, 6.45) is -16.0. The summed E-state index contributed by atoms with van der Waals surface area (Å²) < 4.78 is 41.1. The van der Waals surface area contributed by atoms with Crippen LogP contribution in [0.15, 0.2) is 103 Å². The average Bonchev–Trinajstić information content (AvgIpc) is 0.826. The van der Waals surface area contributed by atoms with Gasteiger partial charge in [-0.15, -0.1) is 5.10 Å². The number of hydrogen-bond donors (Lipinski definition) is 19. The van der Waals surface area contributed by atoms with Crippen molar-refractivity contribution in [1.82, 2.24) is 57.5 Å². The molecule has 1 aromatic heterocycles. The number of aliphatic hydroxyl groups excluding tert-OH is 6. The van der Waals surface area contributed by atoms with Crippen molar-refractivity contribution in [2.45, 2.75) is 176 Å². The number of benzene rings is 6. The van der Waals surface area contributed by atoms with Crippen LogP contribution in [0.4, 0.5) is 0 Å². The molecule has 11 bridgehead atoms. The van der Waals surface area contributed by atoms with Crippen molar-refractivity contribution >= 4 is 93.7 Å². The van der Waals surface area contributed by atoms with Crippen LogP contribution in [-0.2, 0) is 65.5 Å². The van der Waals surface area contributed by atoms with Crippen LogP contribution in [0.1, 0.15) is 123 Å². The number of aromatic nitrogens is 3. The quantitative estimate of drug-likeness (QED) is 0.0487. The Bertz CT molecular complexity index is 5010. The van der Waals surface area contributed by atoms with Crippen molar-refractivity contribution in [2.75, 3.05) is 20.2 Å². The van der Waals surface area contributed by atoms with Gasteiger partial charge in [0.05, 0.1) is 63.6 Å². The van der Waals surface area contributed by atoms with Gasteiger partial charge in [-0.3, -0.25) is 33.6 Å². The fourth-order valence-electron chi connectivity index (χ4n) is 14.6. The van der Waals surface area contributed by atoms with Gasteiger partial charge in [0.2, 0.25) is 53.4 Å². The summed E-state index contributed by atoms with van der Waals surface area (Å²) in [7, 11) is 1.47. The number of nitrogens with zero attached hydrogens (tertiary/aromatic N) is 3. The summed E-state index contributed by atoms with van der Waals surface area (Å²) in [5, 5.41) is 146. The summed E-state index contributed by atoms with van der Waals surface area (Å²) in [5.74, 6) is -16.1. The summed E-state index contributed by atoms with van der Waals surface area (Å²) in [6.45, 7) is 6.56. The Morgan fingerprint density at radius 3 is 2.00 bits per heavy atom. The first-order valence-corrected chi connectivity index (χ1v) is 38.8. The van der Waals surface area contributed by atoms with Crippen LogP contribution in [0.3, 0.4) is 0 Å². The molecule has 36 nitrogen and oxygen atoms in total. The van der Waals surface area contributed by atoms with E-state index in [2.05, 4.69) is 52.8 Å². The number of aliphatic carboxylic acids is 1. The Morgan fingerprint density at radius 2 is 1.36 bits per heavy atom. The minimum Gasteiger partial charge on any atom is -0.508 e. The fraction of sp³-hybridized carbons (Fsp3) is 0.410. The zero-order valence-electron chi connectivity index (χ0n) is 63.5. The molecular formula is C78H86Cl4N12O24. The first kappa shape index (κ1) is 87.1. The monoisotopic (exact) mass is 1710 g/mol. The van der Waals surface area contributed by atoms with Gasteiger partial charge in [0.25, 0.3) is 0 Å². The number of hydrogen-bond acceptors (Lipinski definition) is 27. The molecule has 7 aromatic rings. The van der Waals surface area contributed by atoms with Crippen LogP contribution in [0.5, 0.6) is 46.0 Å². The molecule has 6 aromatic carbocycles. The van der Waals surface area contributed by atoms with E-state index >= 15 is 14.4 Å². The molecule has 2 saturated heterocycles. The lowest BCUT2D eigenvalue weighted by molar-refractivity contribution is -0.334. The highest BCUT2D eigenvalue weighted by molar-refractivity contribution is 6.42. The molecule has 7 amide bonds. The summed E-state index contributed by atoms with van der Waals surface area (Å²) in [6, 6.07) is 4.48. The molecular weight excluding hydrogens is 1630 g/mol. The molecule has 18 atom stereocenters. The van der Waals surface area contributed by atoms with Crippen molar-refractivity contribution in [2.24, 2.45) is 11.7 Å². The second-order valence-corrected chi connectivity index (χ2v) is 31.4. The molecule has 0 aliphatic carbocycles. The average molecular weight is 1720 g/mol. The number of fused-ring (bicyclic) bond motifs is 15. The number of carbonyl (C=O) groups excluding carboxylic acids is 7. The number of halogens is 4. The van der Waals surface area contributed by atoms with Crippen LogP contribution in [0, 0.1) is 5.92 Å². The molecule has 630 valence electrons. The number of ether oxygens (including phenoxy) is 6. The third-order valence-electron chi connectivity index (χ3n) is 20.8. The van der Waals surface area contributed by atoms with Crippen LogP contribution in [0.25, 0.3) is 11.1 Å². The lowest BCUT2D eigenvalue weighted by Crippen LogP contribution is -2.65. The van der Waals surface area contributed by atoms with Gasteiger partial charge >= 0.3 is 5.97 Å². The number of likely N-dealkylation sites (N-methyl/N-ethyl adjacent to an activating group) is 1. The molecule has 0 spiro atoms. The van der Waals surface area contributed by atoms with E-state index in [1.165, 1.54) is 19.2 Å². The Balaban J connectivity index is 1.01. The predicted molar refractivity (Wildman–Crippen MR) is 417 cm³/mol. The molecule has 14 rings (SSSR count). The van der Waals surface area contributed by atoms with E-state index in [0.29, 0.717) is 35.1 Å². The minimum absolute atomic E-state index is 0.110. The van der Waals surface area contributed by atoms with Gasteiger partial charge in [0, 0.05) is 40.9 Å². The Kier molecular flexibility index (Phi) is 27.0. The van der Waals surface area contributed by atoms with Crippen LogP contribution >= 0.6 is 46.4 Å². The van der Waals surface area contributed by atoms with Gasteiger partial charge in [-0.2, -0.15) is 0 Å². The van der Waals surface area contributed by atoms with Gasteiger partial charge in [-0.25, -0.2) is 9.48 Å². The minimum atomic E-state index is -2.37. The molecule has 40 heteroatoms. The number of nitrogens with two attached hydrogens (primary N) is 1. The van der Waals surface area contributed by atoms with Crippen molar-refractivity contribution in [3.8, 4) is 57.1 Å². The van der Waals surface area contributed by atoms with Crippen molar-refractivity contribution in [3.63, 3.8) is 0 Å². The number of amides is 7. The highest BCUT2D eigenvalue weighted by Gasteiger charge is 2.52. The maximum absolute atomic E-state index is 16.2. The van der Waals surface area contributed by atoms with Gasteiger partial charge in [0.15, 0.2) is 29.9 Å². The Hall–Kier alpha value is -10.3. The molecule has 7 aliphatic heterocycles. The molecule has 2 fully saturated rings. The van der Waals surface area contributed by atoms with E-state index in [1.54, 1.807) is 36.9 Å². The zero-order valence-corrected chi connectivity index (χ0v) is 66.5. The number of aliphatic hydroxyl groups is 6. The lowest BCUT2D eigenvalue weighted by atomic mass is 9.85. The first-order valence-electron chi connectivity index (χ1n) is 37.2. The summed E-state index contributed by atoms with van der Waals surface area (Å²) in [4.78, 5) is 118. The maximum Gasteiger partial charge on any atom is 0.330 e. The molecule has 118 heavy (non-hydrogen) atoms. The van der Waals surface area contributed by atoms with E-state index in [1.807, 2.05) is 19.9 Å². The van der Waals surface area contributed by atoms with E-state index in [4.69, 9.17) is 80.6 Å². The maximum atomic E-state index is 16.2. The van der Waals surface area contributed by atoms with E-state index in [0.717, 1.165) is 72.3 Å². The highest BCUT2D eigenvalue weighted by Crippen LogP contribution is 2.50. The Morgan fingerprint density at radius 1 is 0.712 bits per heavy atom. The number of nitrogens with one attached hydrogen (secondary N) is 8. The summed E-state index contributed by atoms with van der Waals surface area (Å²) in [5.41, 5.74) is 3.16. The largest absolute Gasteiger partial charge is 0.508 e. The third kappa shape index (κ3) is 19.2. The third-order valence-corrected chi connectivity index (χ3v) is 22.1. The number of carboxylic acids is 1. The molecule has 0 radical (unpaired) electrons. The van der Waals surface area contributed by atoms with Gasteiger partial charge in [-0.05, 0) is 147 Å². The number of carbonyl (C=O) groups is 8. The smallest absolute Gasteiger partial charge is 0.330 e. The number of aryl methyl sites for hydroxylation is 1. The zero-order chi connectivity index (χ0) is 85.2. The molecule has 8 heterocycles. The van der Waals surface area contributed by atoms with E-state index in [9.17, 15) is 75.0 Å². The van der Waals surface area contributed by atoms with Gasteiger partial charge in [0.1, 0.15) is 89.5 Å². The normalized spacial score (nSPS) is 26.9. The number of aromatic hydroxyl groups is 3. The highest BCUT2D eigenvalue weighted by atomic mass is 35.5. The number of phenolic OH excluding ortho intramolecular Hbond substituents is 3. The standard InChI is InChI=1S/C78H86Cl4N12O24/c1-31(2)17-46(84-5)70(105)90-61-63(100)35-10-14-50(44(81)20-35)114-52-22-37-23-53(67(52)118-77-68(66(103)65(102)54(30-95)116-77)117-56-27-78(4,69(104)32(3)113-56)85-16-6-7-38-29-94(93-92-38)28-33-8-12-42(79)43(80)18-33)115-51-15-11-36(21-45(51)82)64(101)62-75(110)89-60(76(111)112)41-24-39(96)25-49(98)57(41)40-19-34(9-13-48(40)97)58(72(107)91-62)88-73(108)59(37)87-71(106)47(26-55(83)99)86-74(61)109/h8-15,18-25,29,31-32,46-47,54,56,58-66,68-69,77,84-85,95-98,100-104H,6-7,16-17,26-28,30H2,1-5H3,(H2,83,99)(H,86,109)(H,87,106)(H,88,108)(H,89,110)(H,90,105)(H,91,107)(H,111,112)/t32-,46+,47-,54+,56-,58+,59+,60-,61+,62-,63+,64+,65+,66-,68+,69+,77-,78-/m0/s1. The summed E-state index contributed by atoms with van der Waals surface area (Å²) >= 11 is 26.7. The SMILES string of the molecule is CN[C@H](CC(C)C)C(=O)N[C@H]1C(=O)N[C@@H](CC(N)=O)C(=O)N[C@H]2C(=O)N[C@H]3C(=O)N[C@H](C(=O)N[C@H](C(=O)O)c4cc(O)cc(O)c4-c4cc3ccc4O)[C@H](O)c3ccc(c(Cl)c3)Oc3cc2cc(c3O[C@@H]2O[C@H](CO)[C@@H](O)[C@H](O)[C@H]2O[C@H]2C[C@](C)(NCCCc3cn(Cc4ccc(Cl)c(Cl)c4)nn3)[C@H](O)[C@H](C)O2)Oc2ccc(cc2Cl)[C@H]1O.